The van der Waals surface area contributed by atoms with Crippen LogP contribution in [0.15, 0.2) is 42.6 Å². The van der Waals surface area contributed by atoms with Crippen molar-refractivity contribution in [1.82, 2.24) is 0 Å². The first kappa shape index (κ1) is 20.4. The summed E-state index contributed by atoms with van der Waals surface area (Å²) in [5, 5.41) is 22.9. The van der Waals surface area contributed by atoms with Crippen LogP contribution in [0, 0.1) is 21.2 Å². The van der Waals surface area contributed by atoms with Gasteiger partial charge in [-0.15, -0.1) is 0 Å². The van der Waals surface area contributed by atoms with E-state index in [4.69, 9.17) is 9.47 Å². The molecule has 1 fully saturated rings. The first-order valence-corrected chi connectivity index (χ1v) is 9.41. The molecule has 29 heavy (non-hydrogen) atoms. The molecule has 0 radical (unpaired) electrons. The van der Waals surface area contributed by atoms with Crippen molar-refractivity contribution in [1.29, 1.82) is 0 Å². The Morgan fingerprint density at radius 1 is 1.28 bits per heavy atom. The monoisotopic (exact) mass is 401 g/mol. The van der Waals surface area contributed by atoms with E-state index in [-0.39, 0.29) is 5.69 Å². The maximum Gasteiger partial charge on any atom is 0.337 e. The first-order chi connectivity index (χ1) is 14.0. The van der Waals surface area contributed by atoms with E-state index in [1.54, 1.807) is 24.3 Å². The second kappa shape index (κ2) is 9.22. The number of hydrogen-bond acceptors (Lipinski definition) is 7. The summed E-state index contributed by atoms with van der Waals surface area (Å²) in [5.74, 6) is 0.969. The second-order valence-corrected chi connectivity index (χ2v) is 6.91. The number of carbonyl (C=O) groups is 1. The number of pyridine rings is 1. The standard InChI is InChI=1S/C20H23N3O6/c1-28-20(24)16-3-2-4-18(13-16)29-12-8-15-5-9-21(10-6-15)19-14-17(23(26)27)7-11-22(19)25/h2-4,7,11,13-15H,5-6,8-10,12H2,1H3. The SMILES string of the molecule is COC(=O)c1cccc(OCCC2CCN(c3cc([N+](=O)[O-])cc[n+]3[O-])CC2)c1. The average molecular weight is 401 g/mol. The molecule has 0 aliphatic carbocycles. The maximum absolute atomic E-state index is 12.0. The Morgan fingerprint density at radius 2 is 2.03 bits per heavy atom. The number of benzene rings is 1. The average Bonchev–Trinajstić information content (AvgIpc) is 2.74. The molecule has 1 aliphatic rings. The van der Waals surface area contributed by atoms with E-state index in [2.05, 4.69) is 0 Å². The van der Waals surface area contributed by atoms with Crippen LogP contribution in [-0.2, 0) is 4.74 Å². The molecule has 3 rings (SSSR count). The fraction of sp³-hybridized carbons (Fsp3) is 0.400. The summed E-state index contributed by atoms with van der Waals surface area (Å²) in [6.07, 6.45) is 3.76. The molecular weight excluding hydrogens is 378 g/mol. The largest absolute Gasteiger partial charge is 0.711 e. The lowest BCUT2D eigenvalue weighted by Gasteiger charge is -2.29. The third kappa shape index (κ3) is 5.13. The van der Waals surface area contributed by atoms with Crippen LogP contribution >= 0.6 is 0 Å². The van der Waals surface area contributed by atoms with Crippen molar-refractivity contribution in [3.05, 3.63) is 63.5 Å². The van der Waals surface area contributed by atoms with Crippen molar-refractivity contribution in [2.24, 2.45) is 5.92 Å². The molecule has 9 nitrogen and oxygen atoms in total. The second-order valence-electron chi connectivity index (χ2n) is 6.91. The summed E-state index contributed by atoms with van der Waals surface area (Å²) in [6, 6.07) is 9.40. The van der Waals surface area contributed by atoms with Gasteiger partial charge >= 0.3 is 5.97 Å². The van der Waals surface area contributed by atoms with E-state index >= 15 is 0 Å². The van der Waals surface area contributed by atoms with Gasteiger partial charge in [0.2, 0.25) is 0 Å². The number of piperidine rings is 1. The maximum atomic E-state index is 12.0. The van der Waals surface area contributed by atoms with E-state index in [0.29, 0.717) is 47.5 Å². The topological polar surface area (TPSA) is 109 Å². The Kier molecular flexibility index (Phi) is 6.48. The van der Waals surface area contributed by atoms with Crippen molar-refractivity contribution >= 4 is 17.5 Å². The molecule has 2 aromatic rings. The zero-order chi connectivity index (χ0) is 20.8. The summed E-state index contributed by atoms with van der Waals surface area (Å²) in [5.41, 5.74) is 0.359. The molecule has 1 aromatic carbocycles. The van der Waals surface area contributed by atoms with E-state index < -0.39 is 10.9 Å². The van der Waals surface area contributed by atoms with Gasteiger partial charge in [-0.3, -0.25) is 15.0 Å². The molecule has 0 amide bonds. The van der Waals surface area contributed by atoms with Crippen LogP contribution in [0.4, 0.5) is 11.5 Å². The van der Waals surface area contributed by atoms with Crippen LogP contribution in [0.1, 0.15) is 29.6 Å². The predicted octanol–water partition coefficient (Wildman–Crippen LogP) is 2.70. The van der Waals surface area contributed by atoms with Gasteiger partial charge < -0.3 is 14.7 Å². The van der Waals surface area contributed by atoms with Crippen molar-refractivity contribution in [3.8, 4) is 5.75 Å². The van der Waals surface area contributed by atoms with Gasteiger partial charge in [0, 0.05) is 0 Å². The van der Waals surface area contributed by atoms with Crippen molar-refractivity contribution < 1.29 is 23.9 Å². The number of nitrogens with zero attached hydrogens (tertiary/aromatic N) is 3. The minimum absolute atomic E-state index is 0.0863. The highest BCUT2D eigenvalue weighted by Crippen LogP contribution is 2.25. The lowest BCUT2D eigenvalue weighted by Crippen LogP contribution is -2.42. The summed E-state index contributed by atoms with van der Waals surface area (Å²) in [6.45, 7) is 1.84. The molecule has 0 saturated carbocycles. The van der Waals surface area contributed by atoms with Crippen LogP contribution in [0.3, 0.4) is 0 Å². The van der Waals surface area contributed by atoms with Crippen molar-refractivity contribution in [2.75, 3.05) is 31.7 Å². The van der Waals surface area contributed by atoms with Crippen LogP contribution in [-0.4, -0.2) is 37.7 Å². The third-order valence-corrected chi connectivity index (χ3v) is 5.08. The zero-order valence-corrected chi connectivity index (χ0v) is 16.2. The molecule has 1 saturated heterocycles. The quantitative estimate of drug-likeness (QED) is 0.231. The van der Waals surface area contributed by atoms with E-state index in [0.717, 1.165) is 19.3 Å². The molecular formula is C20H23N3O6. The summed E-state index contributed by atoms with van der Waals surface area (Å²) >= 11 is 0. The third-order valence-electron chi connectivity index (χ3n) is 5.08. The molecule has 0 bridgehead atoms. The predicted molar refractivity (Wildman–Crippen MR) is 105 cm³/mol. The highest BCUT2D eigenvalue weighted by Gasteiger charge is 2.27. The highest BCUT2D eigenvalue weighted by molar-refractivity contribution is 5.89. The molecule has 0 spiro atoms. The minimum atomic E-state index is -0.497. The van der Waals surface area contributed by atoms with Gasteiger partial charge in [-0.05, 0) is 43.4 Å². The van der Waals surface area contributed by atoms with Gasteiger partial charge in [0.25, 0.3) is 11.5 Å². The van der Waals surface area contributed by atoms with Gasteiger partial charge in [-0.25, -0.2) is 9.52 Å². The van der Waals surface area contributed by atoms with Crippen molar-refractivity contribution in [2.45, 2.75) is 19.3 Å². The molecule has 0 N–H and O–H groups in total. The Hall–Kier alpha value is -3.36. The Morgan fingerprint density at radius 3 is 2.72 bits per heavy atom. The van der Waals surface area contributed by atoms with Crippen LogP contribution in [0.25, 0.3) is 0 Å². The first-order valence-electron chi connectivity index (χ1n) is 9.41. The number of methoxy groups -OCH3 is 1. The number of aromatic nitrogens is 1. The normalized spacial score (nSPS) is 14.4. The number of carbonyl (C=O) groups excluding carboxylic acids is 1. The summed E-state index contributed by atoms with van der Waals surface area (Å²) in [4.78, 5) is 23.9. The molecule has 1 aromatic heterocycles. The zero-order valence-electron chi connectivity index (χ0n) is 16.2. The molecule has 0 unspecified atom stereocenters. The number of ether oxygens (including phenoxy) is 2. The van der Waals surface area contributed by atoms with E-state index in [9.17, 15) is 20.1 Å². The van der Waals surface area contributed by atoms with E-state index in [1.165, 1.54) is 25.4 Å². The van der Waals surface area contributed by atoms with Crippen LogP contribution in [0.2, 0.25) is 0 Å². The number of esters is 1. The van der Waals surface area contributed by atoms with Crippen LogP contribution in [0.5, 0.6) is 5.75 Å². The number of nitro groups is 1. The Balaban J connectivity index is 1.49. The fourth-order valence-electron chi connectivity index (χ4n) is 3.43. The molecule has 2 heterocycles. The highest BCUT2D eigenvalue weighted by atomic mass is 16.6. The molecule has 154 valence electrons. The number of hydrogen-bond donors (Lipinski definition) is 0. The van der Waals surface area contributed by atoms with E-state index in [1.807, 2.05) is 4.90 Å². The number of rotatable bonds is 7. The van der Waals surface area contributed by atoms with Gasteiger partial charge in [-0.1, -0.05) is 6.07 Å². The Labute approximate surface area is 168 Å². The summed E-state index contributed by atoms with van der Waals surface area (Å²) < 4.78 is 11.1. The van der Waals surface area contributed by atoms with Gasteiger partial charge in [0.1, 0.15) is 18.0 Å². The van der Waals surface area contributed by atoms with Gasteiger partial charge in [0.15, 0.2) is 0 Å². The molecule has 1 aliphatic heterocycles. The fourth-order valence-corrected chi connectivity index (χ4v) is 3.43. The molecule has 9 heteroatoms. The van der Waals surface area contributed by atoms with Crippen LogP contribution < -0.4 is 14.4 Å². The lowest BCUT2D eigenvalue weighted by molar-refractivity contribution is -0.593. The summed E-state index contributed by atoms with van der Waals surface area (Å²) in [7, 11) is 1.34. The van der Waals surface area contributed by atoms with Gasteiger partial charge in [-0.2, -0.15) is 0 Å². The minimum Gasteiger partial charge on any atom is -0.711 e. The smallest absolute Gasteiger partial charge is 0.337 e. The molecule has 0 atom stereocenters. The van der Waals surface area contributed by atoms with Gasteiger partial charge in [0.05, 0.1) is 43.4 Å². The number of anilines is 1. The van der Waals surface area contributed by atoms with Crippen molar-refractivity contribution in [3.63, 3.8) is 0 Å². The Bertz CT molecular complexity index is 880. The lowest BCUT2D eigenvalue weighted by atomic mass is 9.94.